The smallest absolute Gasteiger partial charge is 0.0101 e. The highest BCUT2D eigenvalue weighted by Gasteiger charge is 2.41. The first-order valence-electron chi connectivity index (χ1n) is 7.40. The van der Waals surface area contributed by atoms with Crippen LogP contribution in [0.4, 0.5) is 0 Å². The molecule has 17 heavy (non-hydrogen) atoms. The summed E-state index contributed by atoms with van der Waals surface area (Å²) in [6, 6.07) is 0.411. The Morgan fingerprint density at radius 3 is 1.47 bits per heavy atom. The predicted molar refractivity (Wildman–Crippen MR) is 76.8 cm³/mol. The van der Waals surface area contributed by atoms with E-state index in [1.54, 1.807) is 0 Å². The van der Waals surface area contributed by atoms with E-state index in [2.05, 4.69) is 48.5 Å². The summed E-state index contributed by atoms with van der Waals surface area (Å²) < 4.78 is 0. The van der Waals surface area contributed by atoms with Gasteiger partial charge >= 0.3 is 0 Å². The van der Waals surface area contributed by atoms with Crippen molar-refractivity contribution in [3.8, 4) is 0 Å². The van der Waals surface area contributed by atoms with Crippen LogP contribution in [-0.2, 0) is 0 Å². The van der Waals surface area contributed by atoms with Gasteiger partial charge in [0.2, 0.25) is 0 Å². The topological polar surface area (TPSA) is 26.0 Å². The van der Waals surface area contributed by atoms with Gasteiger partial charge in [0, 0.05) is 6.04 Å². The molecule has 1 heteroatoms. The van der Waals surface area contributed by atoms with Gasteiger partial charge in [-0.1, -0.05) is 48.5 Å². The van der Waals surface area contributed by atoms with Crippen molar-refractivity contribution in [3.63, 3.8) is 0 Å². The van der Waals surface area contributed by atoms with Gasteiger partial charge in [0.1, 0.15) is 0 Å². The van der Waals surface area contributed by atoms with Crippen molar-refractivity contribution in [1.82, 2.24) is 0 Å². The highest BCUT2D eigenvalue weighted by atomic mass is 14.7. The van der Waals surface area contributed by atoms with E-state index < -0.39 is 0 Å². The third-order valence-corrected chi connectivity index (χ3v) is 5.04. The lowest BCUT2D eigenvalue weighted by atomic mass is 9.59. The number of hydrogen-bond donors (Lipinski definition) is 1. The summed E-state index contributed by atoms with van der Waals surface area (Å²) >= 11 is 0. The SMILES string of the molecule is CC(C)C1CC(C(C)(C)C)CC(C(C)C)C1N. The Labute approximate surface area is 109 Å². The molecule has 1 fully saturated rings. The molecule has 0 amide bonds. The Balaban J connectivity index is 2.89. The summed E-state index contributed by atoms with van der Waals surface area (Å²) in [6.45, 7) is 16.5. The molecule has 0 saturated heterocycles. The number of nitrogens with two attached hydrogens (primary N) is 1. The minimum absolute atomic E-state index is 0.411. The lowest BCUT2D eigenvalue weighted by Gasteiger charge is -2.48. The minimum atomic E-state index is 0.411. The van der Waals surface area contributed by atoms with Gasteiger partial charge in [0.05, 0.1) is 0 Å². The van der Waals surface area contributed by atoms with Gasteiger partial charge in [-0.25, -0.2) is 0 Å². The minimum Gasteiger partial charge on any atom is -0.327 e. The maximum atomic E-state index is 6.53. The van der Waals surface area contributed by atoms with Crippen molar-refractivity contribution in [2.45, 2.75) is 67.3 Å². The van der Waals surface area contributed by atoms with Crippen LogP contribution in [0.2, 0.25) is 0 Å². The van der Waals surface area contributed by atoms with Crippen LogP contribution in [0.3, 0.4) is 0 Å². The largest absolute Gasteiger partial charge is 0.327 e. The van der Waals surface area contributed by atoms with Gasteiger partial charge < -0.3 is 5.73 Å². The summed E-state index contributed by atoms with van der Waals surface area (Å²) in [7, 11) is 0. The van der Waals surface area contributed by atoms with Gasteiger partial charge in [-0.3, -0.25) is 0 Å². The molecule has 0 radical (unpaired) electrons. The van der Waals surface area contributed by atoms with E-state index in [1.165, 1.54) is 12.8 Å². The summed E-state index contributed by atoms with van der Waals surface area (Å²) in [5, 5.41) is 0. The second-order valence-electron chi connectivity index (χ2n) is 7.93. The molecule has 0 heterocycles. The first-order chi connectivity index (χ1) is 7.64. The van der Waals surface area contributed by atoms with Crippen molar-refractivity contribution in [2.75, 3.05) is 0 Å². The van der Waals surface area contributed by atoms with Crippen molar-refractivity contribution < 1.29 is 0 Å². The van der Waals surface area contributed by atoms with Crippen LogP contribution >= 0.6 is 0 Å². The zero-order chi connectivity index (χ0) is 13.4. The van der Waals surface area contributed by atoms with Gasteiger partial charge in [-0.15, -0.1) is 0 Å². The molecule has 0 aromatic heterocycles. The summed E-state index contributed by atoms with van der Waals surface area (Å²) in [5.74, 6) is 3.69. The van der Waals surface area contributed by atoms with Crippen LogP contribution in [-0.4, -0.2) is 6.04 Å². The lowest BCUT2D eigenvalue weighted by molar-refractivity contribution is 0.0441. The maximum absolute atomic E-state index is 6.53. The molecule has 1 saturated carbocycles. The van der Waals surface area contributed by atoms with E-state index in [4.69, 9.17) is 5.73 Å². The van der Waals surface area contributed by atoms with Crippen LogP contribution in [0.25, 0.3) is 0 Å². The predicted octanol–water partition coefficient (Wildman–Crippen LogP) is 4.31. The summed E-state index contributed by atoms with van der Waals surface area (Å²) in [5.41, 5.74) is 6.96. The molecule has 0 bridgehead atoms. The molecule has 1 nitrogen and oxygen atoms in total. The Kier molecular flexibility index (Phi) is 4.68. The first kappa shape index (κ1) is 15.0. The molecule has 2 atom stereocenters. The van der Waals surface area contributed by atoms with E-state index in [9.17, 15) is 0 Å². The molecule has 1 aliphatic rings. The quantitative estimate of drug-likeness (QED) is 0.763. The second-order valence-corrected chi connectivity index (χ2v) is 7.93. The van der Waals surface area contributed by atoms with Crippen LogP contribution in [0.5, 0.6) is 0 Å². The van der Waals surface area contributed by atoms with E-state index in [1.807, 2.05) is 0 Å². The van der Waals surface area contributed by atoms with E-state index in [0.717, 1.165) is 17.8 Å². The van der Waals surface area contributed by atoms with Crippen molar-refractivity contribution in [2.24, 2.45) is 40.7 Å². The molecular formula is C16H33N. The van der Waals surface area contributed by atoms with Crippen molar-refractivity contribution in [1.29, 1.82) is 0 Å². The van der Waals surface area contributed by atoms with Gasteiger partial charge in [0.15, 0.2) is 0 Å². The average molecular weight is 239 g/mol. The molecule has 102 valence electrons. The number of rotatable bonds is 2. The molecule has 1 rings (SSSR count). The van der Waals surface area contributed by atoms with Gasteiger partial charge in [0.25, 0.3) is 0 Å². The van der Waals surface area contributed by atoms with Crippen LogP contribution in [0.15, 0.2) is 0 Å². The fraction of sp³-hybridized carbons (Fsp3) is 1.00. The third kappa shape index (κ3) is 3.47. The molecule has 1 aliphatic carbocycles. The van der Waals surface area contributed by atoms with E-state index in [-0.39, 0.29) is 0 Å². The normalized spacial score (nSPS) is 35.6. The first-order valence-corrected chi connectivity index (χ1v) is 7.40. The van der Waals surface area contributed by atoms with Crippen LogP contribution in [0, 0.1) is 35.0 Å². The molecular weight excluding hydrogens is 206 g/mol. The summed E-state index contributed by atoms with van der Waals surface area (Å²) in [6.07, 6.45) is 2.65. The third-order valence-electron chi connectivity index (χ3n) is 5.04. The fourth-order valence-electron chi connectivity index (χ4n) is 3.53. The highest BCUT2D eigenvalue weighted by Crippen LogP contribution is 2.46. The lowest BCUT2D eigenvalue weighted by Crippen LogP contribution is -2.49. The zero-order valence-corrected chi connectivity index (χ0v) is 13.0. The Hall–Kier alpha value is -0.0400. The van der Waals surface area contributed by atoms with Gasteiger partial charge in [-0.05, 0) is 47.8 Å². The van der Waals surface area contributed by atoms with Crippen LogP contribution in [0.1, 0.15) is 61.3 Å². The van der Waals surface area contributed by atoms with E-state index >= 15 is 0 Å². The average Bonchev–Trinajstić information content (AvgIpc) is 2.14. The number of hydrogen-bond acceptors (Lipinski definition) is 1. The molecule has 0 aromatic rings. The Morgan fingerprint density at radius 1 is 0.882 bits per heavy atom. The van der Waals surface area contributed by atoms with Crippen molar-refractivity contribution in [3.05, 3.63) is 0 Å². The van der Waals surface area contributed by atoms with E-state index in [0.29, 0.717) is 23.3 Å². The summed E-state index contributed by atoms with van der Waals surface area (Å²) in [4.78, 5) is 0. The van der Waals surface area contributed by atoms with Gasteiger partial charge in [-0.2, -0.15) is 0 Å². The molecule has 0 aromatic carbocycles. The van der Waals surface area contributed by atoms with Crippen LogP contribution < -0.4 is 5.73 Å². The molecule has 0 aliphatic heterocycles. The molecule has 2 unspecified atom stereocenters. The Bertz CT molecular complexity index is 218. The molecule has 0 spiro atoms. The molecule has 2 N–H and O–H groups in total. The standard InChI is InChI=1S/C16H33N/c1-10(2)13-8-12(16(5,6)7)9-14(11(3)4)15(13)17/h10-15H,8-9,17H2,1-7H3. The zero-order valence-electron chi connectivity index (χ0n) is 13.0. The Morgan fingerprint density at radius 2 is 1.24 bits per heavy atom. The fourth-order valence-corrected chi connectivity index (χ4v) is 3.53. The van der Waals surface area contributed by atoms with Crippen molar-refractivity contribution >= 4 is 0 Å². The maximum Gasteiger partial charge on any atom is 0.0101 e. The highest BCUT2D eigenvalue weighted by molar-refractivity contribution is 4.94. The second kappa shape index (κ2) is 5.30. The monoisotopic (exact) mass is 239 g/mol.